The average Bonchev–Trinajstić information content (AvgIpc) is 3.04. The molecule has 0 amide bonds. The number of methoxy groups -OCH3 is 1. The van der Waals surface area contributed by atoms with Crippen molar-refractivity contribution in [2.45, 2.75) is 64.4 Å². The van der Waals surface area contributed by atoms with Gasteiger partial charge < -0.3 is 9.84 Å². The van der Waals surface area contributed by atoms with Gasteiger partial charge in [0.1, 0.15) is 0 Å². The molecule has 0 aromatic carbocycles. The van der Waals surface area contributed by atoms with Crippen LogP contribution in [-0.4, -0.2) is 30.1 Å². The number of aliphatic hydroxyl groups is 1. The lowest BCUT2D eigenvalue weighted by Gasteiger charge is -2.10. The van der Waals surface area contributed by atoms with Crippen LogP contribution >= 0.6 is 0 Å². The van der Waals surface area contributed by atoms with E-state index in [4.69, 9.17) is 0 Å². The molecule has 1 aliphatic rings. The molecule has 0 heterocycles. The second-order valence-electron chi connectivity index (χ2n) is 6.88. The molecule has 0 spiro atoms. The third-order valence-electron chi connectivity index (χ3n) is 4.56. The van der Waals surface area contributed by atoms with Crippen LogP contribution < -0.4 is 0 Å². The quantitative estimate of drug-likeness (QED) is 0.209. The van der Waals surface area contributed by atoms with Gasteiger partial charge >= 0.3 is 5.97 Å². The summed E-state index contributed by atoms with van der Waals surface area (Å²) in [5, 5.41) is 10.1. The smallest absolute Gasteiger partial charge is 0.305 e. The van der Waals surface area contributed by atoms with Crippen LogP contribution in [0.2, 0.25) is 0 Å². The van der Waals surface area contributed by atoms with Crippen LogP contribution in [0.5, 0.6) is 0 Å². The first-order valence-corrected chi connectivity index (χ1v) is 10.2. The van der Waals surface area contributed by atoms with Gasteiger partial charge in [-0.1, -0.05) is 55.5 Å². The van der Waals surface area contributed by atoms with E-state index in [0.717, 1.165) is 37.7 Å². The molecule has 4 nitrogen and oxygen atoms in total. The van der Waals surface area contributed by atoms with E-state index < -0.39 is 6.10 Å². The number of rotatable bonds is 13. The van der Waals surface area contributed by atoms with Crippen LogP contribution in [-0.2, 0) is 14.3 Å². The zero-order valence-corrected chi connectivity index (χ0v) is 17.2. The number of carbonyl (C=O) groups is 2. The molecule has 2 atom stereocenters. The summed E-state index contributed by atoms with van der Waals surface area (Å²) < 4.78 is 4.61. The predicted octanol–water partition coefficient (Wildman–Crippen LogP) is 5.01. The van der Waals surface area contributed by atoms with Crippen molar-refractivity contribution in [3.8, 4) is 0 Å². The van der Waals surface area contributed by atoms with E-state index in [1.165, 1.54) is 7.11 Å². The lowest BCUT2D eigenvalue weighted by molar-refractivity contribution is -0.140. The monoisotopic (exact) mass is 386 g/mol. The second-order valence-corrected chi connectivity index (χ2v) is 6.88. The number of unbranched alkanes of at least 4 members (excludes halogenated alkanes) is 1. The molecule has 0 aliphatic heterocycles. The highest BCUT2D eigenvalue weighted by molar-refractivity contribution is 6.07. The number of hydrogen-bond donors (Lipinski definition) is 1. The average molecular weight is 387 g/mol. The fraction of sp³-hybridized carbons (Fsp3) is 0.500. The molecular weight excluding hydrogens is 352 g/mol. The van der Waals surface area contributed by atoms with Crippen LogP contribution in [0.1, 0.15) is 58.3 Å². The number of esters is 1. The Morgan fingerprint density at radius 1 is 1.18 bits per heavy atom. The van der Waals surface area contributed by atoms with Crippen molar-refractivity contribution in [2.75, 3.05) is 7.11 Å². The summed E-state index contributed by atoms with van der Waals surface area (Å²) in [5.74, 6) is -0.0726. The molecule has 1 N–H and O–H groups in total. The fourth-order valence-electron chi connectivity index (χ4n) is 2.92. The summed E-state index contributed by atoms with van der Waals surface area (Å²) in [7, 11) is 1.40. The molecule has 0 fully saturated rings. The van der Waals surface area contributed by atoms with E-state index in [9.17, 15) is 14.7 Å². The van der Waals surface area contributed by atoms with Crippen LogP contribution in [0.4, 0.5) is 0 Å². The van der Waals surface area contributed by atoms with Crippen molar-refractivity contribution in [3.63, 3.8) is 0 Å². The fourth-order valence-corrected chi connectivity index (χ4v) is 2.92. The first-order chi connectivity index (χ1) is 13.6. The van der Waals surface area contributed by atoms with E-state index in [0.29, 0.717) is 19.3 Å². The van der Waals surface area contributed by atoms with E-state index >= 15 is 0 Å². The summed E-state index contributed by atoms with van der Waals surface area (Å²) in [6.07, 6.45) is 23.1. The number of allylic oxidation sites excluding steroid dienone is 8. The topological polar surface area (TPSA) is 63.6 Å². The van der Waals surface area contributed by atoms with Crippen LogP contribution in [0, 0.1) is 5.92 Å². The molecule has 1 rings (SSSR count). The van der Waals surface area contributed by atoms with Gasteiger partial charge in [-0.25, -0.2) is 0 Å². The molecule has 0 unspecified atom stereocenters. The standard InChI is InChI=1S/C24H34O4/c1-3-4-5-6-7-11-14-21(25)17-18-22-20(16-19-23(22)26)13-10-8-9-12-15-24(27)28-2/h4-5,7-8,10-11,16,18-21,25H,3,6,9,12-15,17H2,1-2H3/b5-4-,10-8-,11-7-,22-18+/t20-,21-/m0/s1. The van der Waals surface area contributed by atoms with Crippen LogP contribution in [0.3, 0.4) is 0 Å². The normalized spacial score (nSPS) is 19.6. The molecule has 0 saturated carbocycles. The molecule has 0 aromatic heterocycles. The number of carbonyl (C=O) groups excluding carboxylic acids is 2. The molecule has 4 heteroatoms. The zero-order valence-electron chi connectivity index (χ0n) is 17.2. The molecule has 1 aliphatic carbocycles. The molecule has 0 aromatic rings. The van der Waals surface area contributed by atoms with E-state index in [1.807, 2.05) is 24.3 Å². The number of ether oxygens (including phenoxy) is 1. The Morgan fingerprint density at radius 3 is 2.71 bits per heavy atom. The number of hydrogen-bond acceptors (Lipinski definition) is 4. The Kier molecular flexibility index (Phi) is 12.6. The van der Waals surface area contributed by atoms with Gasteiger partial charge in [-0.05, 0) is 51.0 Å². The highest BCUT2D eigenvalue weighted by Crippen LogP contribution is 2.26. The SMILES string of the molecule is CC/C=C\C/C=C\C[C@H](O)C/C=C1/C(=O)C=C[C@@H]1C/C=C\CCCC(=O)OC. The van der Waals surface area contributed by atoms with E-state index in [-0.39, 0.29) is 17.7 Å². The maximum atomic E-state index is 12.1. The van der Waals surface area contributed by atoms with Crippen molar-refractivity contribution in [1.82, 2.24) is 0 Å². The highest BCUT2D eigenvalue weighted by atomic mass is 16.5. The lowest BCUT2D eigenvalue weighted by atomic mass is 9.96. The third kappa shape index (κ3) is 10.2. The molecule has 154 valence electrons. The largest absolute Gasteiger partial charge is 0.469 e. The number of aliphatic hydroxyl groups excluding tert-OH is 1. The van der Waals surface area contributed by atoms with Crippen molar-refractivity contribution in [1.29, 1.82) is 0 Å². The molecule has 0 radical (unpaired) electrons. The van der Waals surface area contributed by atoms with Crippen LogP contribution in [0.25, 0.3) is 0 Å². The van der Waals surface area contributed by atoms with Gasteiger partial charge in [0.15, 0.2) is 5.78 Å². The summed E-state index contributed by atoms with van der Waals surface area (Å²) in [6.45, 7) is 2.10. The van der Waals surface area contributed by atoms with Crippen molar-refractivity contribution >= 4 is 11.8 Å². The maximum absolute atomic E-state index is 12.1. The van der Waals surface area contributed by atoms with E-state index in [2.05, 4.69) is 36.0 Å². The Morgan fingerprint density at radius 2 is 1.96 bits per heavy atom. The molecular formula is C24H34O4. The minimum absolute atomic E-state index is 0.0385. The predicted molar refractivity (Wildman–Crippen MR) is 114 cm³/mol. The summed E-state index contributed by atoms with van der Waals surface area (Å²) in [5.41, 5.74) is 0.771. The summed E-state index contributed by atoms with van der Waals surface area (Å²) in [4.78, 5) is 23.1. The van der Waals surface area contributed by atoms with Gasteiger partial charge in [0.05, 0.1) is 13.2 Å². The minimum Gasteiger partial charge on any atom is -0.469 e. The summed E-state index contributed by atoms with van der Waals surface area (Å²) in [6, 6.07) is 0. The van der Waals surface area contributed by atoms with Gasteiger partial charge in [0.25, 0.3) is 0 Å². The Labute approximate surface area is 169 Å². The second kappa shape index (κ2) is 14.8. The van der Waals surface area contributed by atoms with Gasteiger partial charge in [0.2, 0.25) is 0 Å². The van der Waals surface area contributed by atoms with Gasteiger partial charge in [0, 0.05) is 17.9 Å². The molecule has 0 saturated heterocycles. The zero-order chi connectivity index (χ0) is 20.6. The van der Waals surface area contributed by atoms with Crippen LogP contribution in [0.15, 0.2) is 60.3 Å². The highest BCUT2D eigenvalue weighted by Gasteiger charge is 2.21. The Hall–Kier alpha value is -2.20. The van der Waals surface area contributed by atoms with Gasteiger partial charge in [-0.3, -0.25) is 9.59 Å². The molecule has 28 heavy (non-hydrogen) atoms. The number of ketones is 1. The van der Waals surface area contributed by atoms with Crippen molar-refractivity contribution in [3.05, 3.63) is 60.3 Å². The summed E-state index contributed by atoms with van der Waals surface area (Å²) >= 11 is 0. The van der Waals surface area contributed by atoms with Crippen molar-refractivity contribution < 1.29 is 19.4 Å². The first kappa shape index (κ1) is 23.8. The van der Waals surface area contributed by atoms with Crippen molar-refractivity contribution in [2.24, 2.45) is 5.92 Å². The van der Waals surface area contributed by atoms with E-state index in [1.54, 1.807) is 6.08 Å². The Bertz CT molecular complexity index is 623. The van der Waals surface area contributed by atoms with Gasteiger partial charge in [-0.15, -0.1) is 0 Å². The van der Waals surface area contributed by atoms with Gasteiger partial charge in [-0.2, -0.15) is 0 Å². The maximum Gasteiger partial charge on any atom is 0.305 e. The third-order valence-corrected chi connectivity index (χ3v) is 4.56. The lowest BCUT2D eigenvalue weighted by Crippen LogP contribution is -2.07. The first-order valence-electron chi connectivity index (χ1n) is 10.2. The Balaban J connectivity index is 2.37. The molecule has 0 bridgehead atoms. The minimum atomic E-state index is -0.471.